The van der Waals surface area contributed by atoms with E-state index in [0.29, 0.717) is 43.4 Å². The second-order valence-electron chi connectivity index (χ2n) is 5.82. The van der Waals surface area contributed by atoms with Crippen LogP contribution < -0.4 is 14.4 Å². The second kappa shape index (κ2) is 6.94. The van der Waals surface area contributed by atoms with Gasteiger partial charge in [-0.2, -0.15) is 0 Å². The largest absolute Gasteiger partial charge is 0.497 e. The second-order valence-corrected chi connectivity index (χ2v) is 6.74. The molecule has 1 N–H and O–H groups in total. The number of methoxy groups -OCH3 is 2. The van der Waals surface area contributed by atoms with E-state index in [2.05, 4.69) is 30.8 Å². The quantitative estimate of drug-likeness (QED) is 0.860. The summed E-state index contributed by atoms with van der Waals surface area (Å²) in [5.41, 5.74) is -0.0942. The van der Waals surface area contributed by atoms with E-state index in [9.17, 15) is 5.11 Å². The number of rotatable bonds is 4. The Bertz CT molecular complexity index is 678. The molecule has 1 aliphatic heterocycles. The molecule has 0 radical (unpaired) electrons. The standard InChI is InChI=1S/C17H20BrN3O3/c1-23-14-7-12(8-15(9-14)24-2)17(22)3-5-21(6-4-17)16-19-10-13(18)11-20-16/h7-11,22H,3-6H2,1-2H3. The zero-order valence-corrected chi connectivity index (χ0v) is 15.3. The van der Waals surface area contributed by atoms with Crippen molar-refractivity contribution in [1.29, 1.82) is 0 Å². The van der Waals surface area contributed by atoms with E-state index >= 15 is 0 Å². The van der Waals surface area contributed by atoms with E-state index in [1.54, 1.807) is 32.7 Å². The van der Waals surface area contributed by atoms with E-state index < -0.39 is 5.60 Å². The van der Waals surface area contributed by atoms with Gasteiger partial charge in [0.15, 0.2) is 0 Å². The average Bonchev–Trinajstić information content (AvgIpc) is 2.62. The molecule has 0 atom stereocenters. The zero-order chi connectivity index (χ0) is 17.2. The van der Waals surface area contributed by atoms with Crippen molar-refractivity contribution < 1.29 is 14.6 Å². The highest BCUT2D eigenvalue weighted by atomic mass is 79.9. The number of piperidine rings is 1. The summed E-state index contributed by atoms with van der Waals surface area (Å²) in [7, 11) is 3.21. The van der Waals surface area contributed by atoms with Crippen LogP contribution in [0.2, 0.25) is 0 Å². The molecule has 1 aromatic carbocycles. The monoisotopic (exact) mass is 393 g/mol. The Morgan fingerprint density at radius 1 is 1.04 bits per heavy atom. The Balaban J connectivity index is 1.78. The fourth-order valence-corrected chi connectivity index (χ4v) is 3.11. The Labute approximate surface area is 149 Å². The molecule has 3 rings (SSSR count). The Morgan fingerprint density at radius 3 is 2.08 bits per heavy atom. The average molecular weight is 394 g/mol. The number of hydrogen-bond donors (Lipinski definition) is 1. The minimum Gasteiger partial charge on any atom is -0.497 e. The van der Waals surface area contributed by atoms with Crippen LogP contribution in [0.3, 0.4) is 0 Å². The van der Waals surface area contributed by atoms with Gasteiger partial charge in [-0.1, -0.05) is 0 Å². The number of nitrogens with zero attached hydrogens (tertiary/aromatic N) is 3. The molecule has 1 saturated heterocycles. The van der Waals surface area contributed by atoms with Crippen LogP contribution in [-0.2, 0) is 5.60 Å². The number of benzene rings is 1. The first-order valence-corrected chi connectivity index (χ1v) is 8.52. The summed E-state index contributed by atoms with van der Waals surface area (Å²) in [5, 5.41) is 11.1. The number of aromatic nitrogens is 2. The number of halogens is 1. The zero-order valence-electron chi connectivity index (χ0n) is 13.7. The lowest BCUT2D eigenvalue weighted by molar-refractivity contribution is 0.0111. The molecule has 0 spiro atoms. The highest BCUT2D eigenvalue weighted by molar-refractivity contribution is 9.10. The van der Waals surface area contributed by atoms with Crippen molar-refractivity contribution in [2.75, 3.05) is 32.2 Å². The molecule has 128 valence electrons. The first kappa shape index (κ1) is 17.0. The number of aliphatic hydroxyl groups is 1. The van der Waals surface area contributed by atoms with Gasteiger partial charge in [0.05, 0.1) is 24.3 Å². The molecule has 2 heterocycles. The molecule has 6 nitrogen and oxygen atoms in total. The molecular formula is C17H20BrN3O3. The topological polar surface area (TPSA) is 67.7 Å². The van der Waals surface area contributed by atoms with Gasteiger partial charge in [-0.3, -0.25) is 0 Å². The normalized spacial score (nSPS) is 16.8. The van der Waals surface area contributed by atoms with Crippen LogP contribution >= 0.6 is 15.9 Å². The summed E-state index contributed by atoms with van der Waals surface area (Å²) in [6.45, 7) is 1.36. The van der Waals surface area contributed by atoms with Gasteiger partial charge < -0.3 is 19.5 Å². The molecular weight excluding hydrogens is 374 g/mol. The number of anilines is 1. The van der Waals surface area contributed by atoms with Crippen molar-refractivity contribution >= 4 is 21.9 Å². The van der Waals surface area contributed by atoms with Crippen LogP contribution in [0.1, 0.15) is 18.4 Å². The third-order valence-corrected chi connectivity index (χ3v) is 4.78. The van der Waals surface area contributed by atoms with Crippen molar-refractivity contribution in [3.8, 4) is 11.5 Å². The molecule has 0 bridgehead atoms. The molecule has 1 fully saturated rings. The molecule has 2 aromatic rings. The van der Waals surface area contributed by atoms with Crippen LogP contribution in [0.4, 0.5) is 5.95 Å². The number of ether oxygens (including phenoxy) is 2. The first-order valence-electron chi connectivity index (χ1n) is 7.72. The van der Waals surface area contributed by atoms with Gasteiger partial charge in [-0.05, 0) is 46.5 Å². The highest BCUT2D eigenvalue weighted by Crippen LogP contribution is 2.37. The van der Waals surface area contributed by atoms with E-state index in [-0.39, 0.29) is 0 Å². The molecule has 1 aromatic heterocycles. The molecule has 0 unspecified atom stereocenters. The first-order chi connectivity index (χ1) is 11.5. The Morgan fingerprint density at radius 2 is 1.58 bits per heavy atom. The maximum absolute atomic E-state index is 11.1. The molecule has 7 heteroatoms. The van der Waals surface area contributed by atoms with E-state index in [4.69, 9.17) is 9.47 Å². The van der Waals surface area contributed by atoms with Gasteiger partial charge in [0.25, 0.3) is 0 Å². The van der Waals surface area contributed by atoms with Gasteiger partial charge in [0, 0.05) is 31.5 Å². The van der Waals surface area contributed by atoms with Crippen molar-refractivity contribution in [3.05, 3.63) is 40.6 Å². The minimum atomic E-state index is -0.909. The third-order valence-electron chi connectivity index (χ3n) is 4.37. The molecule has 1 aliphatic rings. The summed E-state index contributed by atoms with van der Waals surface area (Å²) in [6.07, 6.45) is 4.64. The van der Waals surface area contributed by atoms with Gasteiger partial charge in [0.2, 0.25) is 5.95 Å². The van der Waals surface area contributed by atoms with Crippen molar-refractivity contribution in [3.63, 3.8) is 0 Å². The van der Waals surface area contributed by atoms with Crippen molar-refractivity contribution in [2.45, 2.75) is 18.4 Å². The summed E-state index contributed by atoms with van der Waals surface area (Å²) >= 11 is 3.34. The van der Waals surface area contributed by atoms with E-state index in [0.717, 1.165) is 10.0 Å². The number of hydrogen-bond acceptors (Lipinski definition) is 6. The van der Waals surface area contributed by atoms with Crippen LogP contribution in [0.25, 0.3) is 0 Å². The van der Waals surface area contributed by atoms with Crippen LogP contribution in [0, 0.1) is 0 Å². The molecule has 24 heavy (non-hydrogen) atoms. The summed E-state index contributed by atoms with van der Waals surface area (Å²) in [4.78, 5) is 10.7. The SMILES string of the molecule is COc1cc(OC)cc(C2(O)CCN(c3ncc(Br)cn3)CC2)c1. The van der Waals surface area contributed by atoms with Gasteiger partial charge in [-0.25, -0.2) is 9.97 Å². The maximum Gasteiger partial charge on any atom is 0.225 e. The molecule has 0 amide bonds. The van der Waals surface area contributed by atoms with E-state index in [1.165, 1.54) is 0 Å². The molecule has 0 aliphatic carbocycles. The fourth-order valence-electron chi connectivity index (χ4n) is 2.91. The lowest BCUT2D eigenvalue weighted by Crippen LogP contribution is -2.43. The maximum atomic E-state index is 11.1. The minimum absolute atomic E-state index is 0.586. The van der Waals surface area contributed by atoms with E-state index in [1.807, 2.05) is 12.1 Å². The van der Waals surface area contributed by atoms with Crippen LogP contribution in [0.5, 0.6) is 11.5 Å². The lowest BCUT2D eigenvalue weighted by atomic mass is 9.84. The summed E-state index contributed by atoms with van der Waals surface area (Å²) in [6, 6.07) is 5.54. The van der Waals surface area contributed by atoms with Gasteiger partial charge in [0.1, 0.15) is 11.5 Å². The predicted molar refractivity (Wildman–Crippen MR) is 94.6 cm³/mol. The third kappa shape index (κ3) is 3.47. The van der Waals surface area contributed by atoms with Crippen LogP contribution in [0.15, 0.2) is 35.1 Å². The van der Waals surface area contributed by atoms with Crippen LogP contribution in [-0.4, -0.2) is 42.4 Å². The highest BCUT2D eigenvalue weighted by Gasteiger charge is 2.35. The summed E-state index contributed by atoms with van der Waals surface area (Å²) in [5.74, 6) is 2.04. The Hall–Kier alpha value is -1.86. The van der Waals surface area contributed by atoms with Gasteiger partial charge in [-0.15, -0.1) is 0 Å². The van der Waals surface area contributed by atoms with Crippen molar-refractivity contribution in [1.82, 2.24) is 9.97 Å². The summed E-state index contributed by atoms with van der Waals surface area (Å²) < 4.78 is 11.5. The lowest BCUT2D eigenvalue weighted by Gasteiger charge is -2.38. The van der Waals surface area contributed by atoms with Crippen molar-refractivity contribution in [2.24, 2.45) is 0 Å². The Kier molecular flexibility index (Phi) is 4.91. The predicted octanol–water partition coefficient (Wildman–Crippen LogP) is 2.74. The molecule has 0 saturated carbocycles. The van der Waals surface area contributed by atoms with Gasteiger partial charge >= 0.3 is 0 Å². The fraction of sp³-hybridized carbons (Fsp3) is 0.412. The smallest absolute Gasteiger partial charge is 0.225 e.